The maximum absolute atomic E-state index is 11.7. The van der Waals surface area contributed by atoms with E-state index in [4.69, 9.17) is 0 Å². The van der Waals surface area contributed by atoms with Gasteiger partial charge in [-0.15, -0.1) is 24.0 Å². The highest BCUT2D eigenvalue weighted by Gasteiger charge is 2.22. The summed E-state index contributed by atoms with van der Waals surface area (Å²) in [5, 5.41) is 6.85. The zero-order chi connectivity index (χ0) is 15.7. The molecule has 2 atom stereocenters. The van der Waals surface area contributed by atoms with Gasteiger partial charge in [0.15, 0.2) is 5.96 Å². The molecule has 0 radical (unpaired) electrons. The second-order valence-corrected chi connectivity index (χ2v) is 6.87. The number of hydrogen-bond acceptors (Lipinski definition) is 3. The van der Waals surface area contributed by atoms with Crippen LogP contribution < -0.4 is 10.6 Å². The van der Waals surface area contributed by atoms with Crippen LogP contribution in [0.4, 0.5) is 0 Å². The maximum atomic E-state index is 11.7. The van der Waals surface area contributed by atoms with Crippen LogP contribution in [0.1, 0.15) is 32.6 Å². The summed E-state index contributed by atoms with van der Waals surface area (Å²) >= 11 is 1.80. The Morgan fingerprint density at radius 3 is 2.59 bits per heavy atom. The lowest BCUT2D eigenvalue weighted by Crippen LogP contribution is -2.48. The standard InChI is InChI=1S/C15H30N4OS.HI/c1-12-7-5-6-8-13(12)18-15(16-9-10-21-4)17-11-14(20)19(2)3;/h12-13H,5-11H2,1-4H3,(H2,16,17,18);1H. The molecule has 22 heavy (non-hydrogen) atoms. The van der Waals surface area contributed by atoms with E-state index in [0.717, 1.165) is 18.3 Å². The Hall–Kier alpha value is -0.180. The number of nitrogens with one attached hydrogen (secondary N) is 2. The normalized spacial score (nSPS) is 21.7. The van der Waals surface area contributed by atoms with Gasteiger partial charge < -0.3 is 15.5 Å². The van der Waals surface area contributed by atoms with Crippen molar-refractivity contribution in [3.8, 4) is 0 Å². The Morgan fingerprint density at radius 1 is 1.32 bits per heavy atom. The summed E-state index contributed by atoms with van der Waals surface area (Å²) in [6.45, 7) is 3.36. The van der Waals surface area contributed by atoms with E-state index in [1.807, 2.05) is 0 Å². The molecule has 5 nitrogen and oxygen atoms in total. The minimum atomic E-state index is 0. The number of carbonyl (C=O) groups is 1. The molecule has 2 N–H and O–H groups in total. The van der Waals surface area contributed by atoms with Crippen molar-refractivity contribution < 1.29 is 4.79 Å². The number of carbonyl (C=O) groups excluding carboxylic acids is 1. The minimum absolute atomic E-state index is 0. The van der Waals surface area contributed by atoms with Crippen LogP contribution in [-0.4, -0.2) is 62.0 Å². The van der Waals surface area contributed by atoms with E-state index in [2.05, 4.69) is 28.8 Å². The van der Waals surface area contributed by atoms with Gasteiger partial charge in [0.25, 0.3) is 0 Å². The lowest BCUT2D eigenvalue weighted by molar-refractivity contribution is -0.127. The molecule has 0 spiro atoms. The van der Waals surface area contributed by atoms with E-state index in [-0.39, 0.29) is 36.4 Å². The van der Waals surface area contributed by atoms with Crippen molar-refractivity contribution in [3.05, 3.63) is 0 Å². The second-order valence-electron chi connectivity index (χ2n) is 5.89. The van der Waals surface area contributed by atoms with Gasteiger partial charge >= 0.3 is 0 Å². The summed E-state index contributed by atoms with van der Waals surface area (Å²) < 4.78 is 0. The van der Waals surface area contributed by atoms with E-state index >= 15 is 0 Å². The summed E-state index contributed by atoms with van der Waals surface area (Å²) in [7, 11) is 3.52. The third-order valence-electron chi connectivity index (χ3n) is 3.90. The fourth-order valence-corrected chi connectivity index (χ4v) is 2.72. The molecule has 1 rings (SSSR count). The van der Waals surface area contributed by atoms with Gasteiger partial charge in [-0.3, -0.25) is 4.79 Å². The molecule has 0 bridgehead atoms. The van der Waals surface area contributed by atoms with E-state index in [0.29, 0.717) is 12.0 Å². The van der Waals surface area contributed by atoms with Gasteiger partial charge in [0.2, 0.25) is 5.91 Å². The number of amides is 1. The van der Waals surface area contributed by atoms with Gasteiger partial charge in [0.05, 0.1) is 0 Å². The van der Waals surface area contributed by atoms with Crippen LogP contribution in [0.3, 0.4) is 0 Å². The van der Waals surface area contributed by atoms with Gasteiger partial charge in [-0.1, -0.05) is 19.8 Å². The first-order chi connectivity index (χ1) is 10.0. The van der Waals surface area contributed by atoms with Gasteiger partial charge in [-0.2, -0.15) is 11.8 Å². The predicted octanol–water partition coefficient (Wildman–Crippen LogP) is 2.17. The van der Waals surface area contributed by atoms with Crippen LogP contribution >= 0.6 is 35.7 Å². The number of aliphatic imine (C=N–C) groups is 1. The van der Waals surface area contributed by atoms with Gasteiger partial charge in [-0.25, -0.2) is 4.99 Å². The van der Waals surface area contributed by atoms with Gasteiger partial charge in [0.1, 0.15) is 6.54 Å². The number of likely N-dealkylation sites (N-methyl/N-ethyl adjacent to an activating group) is 1. The predicted molar refractivity (Wildman–Crippen MR) is 107 cm³/mol. The highest BCUT2D eigenvalue weighted by atomic mass is 127. The number of rotatable bonds is 6. The summed E-state index contributed by atoms with van der Waals surface area (Å²) in [5.74, 6) is 2.49. The molecular formula is C15H31IN4OS. The Morgan fingerprint density at radius 2 is 2.00 bits per heavy atom. The fraction of sp³-hybridized carbons (Fsp3) is 0.867. The summed E-state index contributed by atoms with van der Waals surface area (Å²) in [6.07, 6.45) is 7.14. The monoisotopic (exact) mass is 442 g/mol. The molecular weight excluding hydrogens is 411 g/mol. The van der Waals surface area contributed by atoms with Crippen molar-refractivity contribution in [2.75, 3.05) is 39.2 Å². The van der Waals surface area contributed by atoms with Gasteiger partial charge in [-0.05, 0) is 25.0 Å². The quantitative estimate of drug-likeness (QED) is 0.287. The third kappa shape index (κ3) is 8.45. The van der Waals surface area contributed by atoms with E-state index in [1.54, 1.807) is 30.8 Å². The number of halogens is 1. The average molecular weight is 442 g/mol. The highest BCUT2D eigenvalue weighted by molar-refractivity contribution is 14.0. The van der Waals surface area contributed by atoms with Crippen LogP contribution in [0.25, 0.3) is 0 Å². The Kier molecular flexibility index (Phi) is 12.2. The Bertz CT molecular complexity index is 352. The molecule has 2 unspecified atom stereocenters. The molecule has 0 aromatic rings. The van der Waals surface area contributed by atoms with Crippen molar-refractivity contribution in [1.82, 2.24) is 15.5 Å². The van der Waals surface area contributed by atoms with Crippen LogP contribution in [0.5, 0.6) is 0 Å². The first-order valence-corrected chi connectivity index (χ1v) is 9.18. The van der Waals surface area contributed by atoms with E-state index in [1.165, 1.54) is 25.7 Å². The van der Waals surface area contributed by atoms with Crippen LogP contribution in [-0.2, 0) is 4.79 Å². The number of hydrogen-bond donors (Lipinski definition) is 2. The van der Waals surface area contributed by atoms with E-state index < -0.39 is 0 Å². The molecule has 0 heterocycles. The molecule has 1 fully saturated rings. The van der Waals surface area contributed by atoms with Crippen LogP contribution in [0.2, 0.25) is 0 Å². The molecule has 1 amide bonds. The van der Waals surface area contributed by atoms with Crippen LogP contribution in [0.15, 0.2) is 4.99 Å². The Labute approximate surface area is 156 Å². The molecule has 0 saturated heterocycles. The van der Waals surface area contributed by atoms with Crippen molar-refractivity contribution in [2.45, 2.75) is 38.6 Å². The first kappa shape index (κ1) is 21.8. The first-order valence-electron chi connectivity index (χ1n) is 7.78. The molecule has 1 saturated carbocycles. The number of guanidine groups is 1. The van der Waals surface area contributed by atoms with Crippen molar-refractivity contribution >= 4 is 47.6 Å². The van der Waals surface area contributed by atoms with Crippen molar-refractivity contribution in [2.24, 2.45) is 10.9 Å². The summed E-state index contributed by atoms with van der Waals surface area (Å²) in [5.41, 5.74) is 0. The van der Waals surface area contributed by atoms with Crippen LogP contribution in [0, 0.1) is 5.92 Å². The molecule has 0 aromatic carbocycles. The SMILES string of the molecule is CSCCNC(=NCC(=O)N(C)C)NC1CCCCC1C.I. The molecule has 1 aliphatic carbocycles. The maximum Gasteiger partial charge on any atom is 0.243 e. The lowest BCUT2D eigenvalue weighted by Gasteiger charge is -2.31. The van der Waals surface area contributed by atoms with E-state index in [9.17, 15) is 4.79 Å². The zero-order valence-electron chi connectivity index (χ0n) is 14.2. The molecule has 0 aliphatic heterocycles. The Balaban J connectivity index is 0.00000441. The largest absolute Gasteiger partial charge is 0.356 e. The summed E-state index contributed by atoms with van der Waals surface area (Å²) in [4.78, 5) is 17.7. The zero-order valence-corrected chi connectivity index (χ0v) is 17.4. The molecule has 130 valence electrons. The molecule has 1 aliphatic rings. The van der Waals surface area contributed by atoms with Gasteiger partial charge in [0, 0.05) is 32.4 Å². The topological polar surface area (TPSA) is 56.7 Å². The molecule has 0 aromatic heterocycles. The summed E-state index contributed by atoms with van der Waals surface area (Å²) in [6, 6.07) is 0.466. The molecule has 7 heteroatoms. The smallest absolute Gasteiger partial charge is 0.243 e. The fourth-order valence-electron chi connectivity index (χ4n) is 2.42. The lowest BCUT2D eigenvalue weighted by atomic mass is 9.86. The minimum Gasteiger partial charge on any atom is -0.356 e. The number of thioether (sulfide) groups is 1. The average Bonchev–Trinajstić information content (AvgIpc) is 2.46. The third-order valence-corrected chi connectivity index (χ3v) is 4.52. The van der Waals surface area contributed by atoms with Crippen molar-refractivity contribution in [3.63, 3.8) is 0 Å². The second kappa shape index (κ2) is 12.3. The van der Waals surface area contributed by atoms with Crippen molar-refractivity contribution in [1.29, 1.82) is 0 Å². The number of nitrogens with zero attached hydrogens (tertiary/aromatic N) is 2. The highest BCUT2D eigenvalue weighted by Crippen LogP contribution is 2.23.